The van der Waals surface area contributed by atoms with Crippen molar-refractivity contribution in [3.63, 3.8) is 0 Å². The molecular formula is C16H20N2O4S3. The number of nitrogens with one attached hydrogen (secondary N) is 1. The van der Waals surface area contributed by atoms with Crippen LogP contribution in [0.4, 0.5) is 5.69 Å². The van der Waals surface area contributed by atoms with Crippen LogP contribution in [0.1, 0.15) is 24.5 Å². The van der Waals surface area contributed by atoms with Gasteiger partial charge in [0, 0.05) is 18.8 Å². The first-order chi connectivity index (χ1) is 11.8. The van der Waals surface area contributed by atoms with Gasteiger partial charge < -0.3 is 0 Å². The molecule has 25 heavy (non-hydrogen) atoms. The molecule has 1 aliphatic rings. The molecule has 2 aromatic rings. The summed E-state index contributed by atoms with van der Waals surface area (Å²) in [7, 11) is -6.87. The van der Waals surface area contributed by atoms with Crippen molar-refractivity contribution in [3.05, 3.63) is 46.8 Å². The van der Waals surface area contributed by atoms with Gasteiger partial charge in [0.2, 0.25) is 10.0 Å². The monoisotopic (exact) mass is 400 g/mol. The minimum absolute atomic E-state index is 0.132. The molecule has 1 aliphatic heterocycles. The Morgan fingerprint density at radius 1 is 1.16 bits per heavy atom. The molecule has 1 aromatic carbocycles. The fourth-order valence-electron chi connectivity index (χ4n) is 2.84. The van der Waals surface area contributed by atoms with Crippen molar-refractivity contribution in [3.8, 4) is 0 Å². The third-order valence-corrected chi connectivity index (χ3v) is 8.85. The van der Waals surface area contributed by atoms with Crippen molar-refractivity contribution in [2.45, 2.75) is 30.5 Å². The van der Waals surface area contributed by atoms with Crippen LogP contribution in [0.2, 0.25) is 0 Å². The van der Waals surface area contributed by atoms with Gasteiger partial charge in [-0.05, 0) is 47.5 Å². The van der Waals surface area contributed by atoms with Crippen molar-refractivity contribution < 1.29 is 16.8 Å². The van der Waals surface area contributed by atoms with Gasteiger partial charge in [-0.1, -0.05) is 19.1 Å². The summed E-state index contributed by atoms with van der Waals surface area (Å²) in [5, 5.41) is 1.71. The molecule has 2 heterocycles. The standard InChI is InChI=1S/C16H20N2O4S3/c1-2-10-24(19,20)18-8-7-13-5-6-15(11-14(13)12-18)17-25(21,22)16-4-3-9-23-16/h3-6,9,11,17H,2,7-8,10,12H2,1H3. The van der Waals surface area contributed by atoms with E-state index in [0.717, 1.165) is 22.5 Å². The fraction of sp³-hybridized carbons (Fsp3) is 0.375. The van der Waals surface area contributed by atoms with Gasteiger partial charge in [-0.25, -0.2) is 16.8 Å². The zero-order valence-electron chi connectivity index (χ0n) is 13.8. The van der Waals surface area contributed by atoms with Crippen LogP contribution in [0.3, 0.4) is 0 Å². The van der Waals surface area contributed by atoms with Gasteiger partial charge in [-0.2, -0.15) is 4.31 Å². The Hall–Kier alpha value is -1.42. The quantitative estimate of drug-likeness (QED) is 0.808. The third-order valence-electron chi connectivity index (χ3n) is 4.05. The van der Waals surface area contributed by atoms with Crippen LogP contribution >= 0.6 is 11.3 Å². The summed E-state index contributed by atoms with van der Waals surface area (Å²) < 4.78 is 53.5. The Labute approximate surface area is 152 Å². The number of benzene rings is 1. The molecule has 0 spiro atoms. The van der Waals surface area contributed by atoms with Crippen molar-refractivity contribution in [2.75, 3.05) is 17.0 Å². The molecule has 0 saturated heterocycles. The number of sulfonamides is 2. The maximum Gasteiger partial charge on any atom is 0.271 e. The van der Waals surface area contributed by atoms with Crippen LogP contribution in [0, 0.1) is 0 Å². The lowest BCUT2D eigenvalue weighted by atomic mass is 10.0. The Kier molecular flexibility index (Phi) is 5.19. The predicted molar refractivity (Wildman–Crippen MR) is 99.8 cm³/mol. The van der Waals surface area contributed by atoms with Crippen LogP contribution in [-0.2, 0) is 33.0 Å². The second kappa shape index (κ2) is 7.06. The van der Waals surface area contributed by atoms with Crippen molar-refractivity contribution in [2.24, 2.45) is 0 Å². The summed E-state index contributed by atoms with van der Waals surface area (Å²) in [5.41, 5.74) is 2.35. The number of fused-ring (bicyclic) bond motifs is 1. The average molecular weight is 401 g/mol. The van der Waals surface area contributed by atoms with E-state index in [2.05, 4.69) is 4.72 Å². The molecule has 6 nitrogen and oxygen atoms in total. The van der Waals surface area contributed by atoms with Gasteiger partial charge in [-0.15, -0.1) is 11.3 Å². The number of rotatable bonds is 6. The minimum atomic E-state index is -3.61. The van der Waals surface area contributed by atoms with Crippen LogP contribution in [0.25, 0.3) is 0 Å². The molecular weight excluding hydrogens is 380 g/mol. The Morgan fingerprint density at radius 3 is 2.64 bits per heavy atom. The van der Waals surface area contributed by atoms with Gasteiger partial charge in [0.05, 0.1) is 5.75 Å². The Balaban J connectivity index is 1.83. The van der Waals surface area contributed by atoms with Gasteiger partial charge in [0.25, 0.3) is 10.0 Å². The summed E-state index contributed by atoms with van der Waals surface area (Å²) in [5.74, 6) is 0.132. The highest BCUT2D eigenvalue weighted by atomic mass is 32.2. The number of hydrogen-bond donors (Lipinski definition) is 1. The Bertz CT molecular complexity index is 951. The fourth-order valence-corrected chi connectivity index (χ4v) is 6.36. The Morgan fingerprint density at radius 2 is 1.96 bits per heavy atom. The first kappa shape index (κ1) is 18.4. The first-order valence-corrected chi connectivity index (χ1v) is 11.9. The molecule has 0 radical (unpaired) electrons. The predicted octanol–water partition coefficient (Wildman–Crippen LogP) is 2.65. The van der Waals surface area contributed by atoms with Gasteiger partial charge in [0.1, 0.15) is 4.21 Å². The summed E-state index contributed by atoms with van der Waals surface area (Å²) >= 11 is 1.15. The summed E-state index contributed by atoms with van der Waals surface area (Å²) in [4.78, 5) is 0. The van der Waals surface area contributed by atoms with E-state index in [4.69, 9.17) is 0 Å². The lowest BCUT2D eigenvalue weighted by Gasteiger charge is -2.28. The number of thiophene rings is 1. The van der Waals surface area contributed by atoms with Gasteiger partial charge in [-0.3, -0.25) is 4.72 Å². The van der Waals surface area contributed by atoms with Crippen LogP contribution < -0.4 is 4.72 Å². The second-order valence-corrected chi connectivity index (χ2v) is 10.9. The summed E-state index contributed by atoms with van der Waals surface area (Å²) in [6, 6.07) is 8.55. The highest BCUT2D eigenvalue weighted by Crippen LogP contribution is 2.26. The molecule has 0 unspecified atom stereocenters. The minimum Gasteiger partial charge on any atom is -0.279 e. The van der Waals surface area contributed by atoms with Crippen molar-refractivity contribution in [1.29, 1.82) is 0 Å². The van der Waals surface area contributed by atoms with Crippen LogP contribution in [0.5, 0.6) is 0 Å². The van der Waals surface area contributed by atoms with E-state index >= 15 is 0 Å². The molecule has 9 heteroatoms. The third kappa shape index (κ3) is 4.05. The van der Waals surface area contributed by atoms with E-state index < -0.39 is 20.0 Å². The molecule has 0 atom stereocenters. The normalized spacial score (nSPS) is 15.7. The first-order valence-electron chi connectivity index (χ1n) is 7.98. The maximum absolute atomic E-state index is 12.3. The van der Waals surface area contributed by atoms with Crippen molar-refractivity contribution >= 4 is 37.1 Å². The number of anilines is 1. The van der Waals surface area contributed by atoms with Gasteiger partial charge >= 0.3 is 0 Å². The topological polar surface area (TPSA) is 83.6 Å². The van der Waals surface area contributed by atoms with E-state index in [0.29, 0.717) is 25.1 Å². The molecule has 0 amide bonds. The summed E-state index contributed by atoms with van der Waals surface area (Å²) in [6.07, 6.45) is 1.21. The SMILES string of the molecule is CCCS(=O)(=O)N1CCc2ccc(NS(=O)(=O)c3cccs3)cc2C1. The van der Waals surface area contributed by atoms with Gasteiger partial charge in [0.15, 0.2) is 0 Å². The zero-order chi connectivity index (χ0) is 18.1. The second-order valence-electron chi connectivity index (χ2n) is 5.92. The molecule has 0 aliphatic carbocycles. The largest absolute Gasteiger partial charge is 0.279 e. The van der Waals surface area contributed by atoms with E-state index in [1.165, 1.54) is 4.31 Å². The number of nitrogens with zero attached hydrogens (tertiary/aromatic N) is 1. The molecule has 1 aromatic heterocycles. The molecule has 3 rings (SSSR count). The molecule has 1 N–H and O–H groups in total. The lowest BCUT2D eigenvalue weighted by molar-refractivity contribution is 0.391. The maximum atomic E-state index is 12.3. The highest BCUT2D eigenvalue weighted by Gasteiger charge is 2.26. The smallest absolute Gasteiger partial charge is 0.271 e. The van der Waals surface area contributed by atoms with E-state index in [9.17, 15) is 16.8 Å². The highest BCUT2D eigenvalue weighted by molar-refractivity contribution is 7.94. The molecule has 0 fully saturated rings. The summed E-state index contributed by atoms with van der Waals surface area (Å²) in [6.45, 7) is 2.59. The average Bonchev–Trinajstić information content (AvgIpc) is 3.09. The van der Waals surface area contributed by atoms with E-state index in [1.54, 1.807) is 29.6 Å². The van der Waals surface area contributed by atoms with Crippen molar-refractivity contribution in [1.82, 2.24) is 4.31 Å². The number of hydrogen-bond acceptors (Lipinski definition) is 5. The molecule has 0 saturated carbocycles. The van der Waals surface area contributed by atoms with Crippen LogP contribution in [-0.4, -0.2) is 33.4 Å². The van der Waals surface area contributed by atoms with E-state index in [-0.39, 0.29) is 16.5 Å². The van der Waals surface area contributed by atoms with E-state index in [1.807, 2.05) is 13.0 Å². The molecule has 0 bridgehead atoms. The molecule has 136 valence electrons. The lowest BCUT2D eigenvalue weighted by Crippen LogP contribution is -2.37. The zero-order valence-corrected chi connectivity index (χ0v) is 16.3. The van der Waals surface area contributed by atoms with Crippen LogP contribution in [0.15, 0.2) is 39.9 Å².